The Bertz CT molecular complexity index is 2780. The zero-order valence-electron chi connectivity index (χ0n) is 32.0. The van der Waals surface area contributed by atoms with E-state index in [1.54, 1.807) is 12.4 Å². The minimum Gasteiger partial charge on any atom is -0.287 e. The van der Waals surface area contributed by atoms with E-state index in [9.17, 15) is 57.5 Å². The van der Waals surface area contributed by atoms with Crippen molar-refractivity contribution in [3.05, 3.63) is 200 Å². The van der Waals surface area contributed by atoms with E-state index in [-0.39, 0.29) is 12.3 Å². The molecule has 1 aromatic heterocycles. The second-order valence-corrected chi connectivity index (χ2v) is 14.2. The largest absolute Gasteiger partial charge is 0.287 e. The fourth-order valence-electron chi connectivity index (χ4n) is 7.08. The quantitative estimate of drug-likeness (QED) is 0.0380. The summed E-state index contributed by atoms with van der Waals surface area (Å²) in [6.07, 6.45) is -1.89. The van der Waals surface area contributed by atoms with Crippen LogP contribution in [0.1, 0.15) is 10.4 Å². The molecule has 0 aliphatic heterocycles. The molecular formula is C42H14BClF20N2O. The molecule has 7 rings (SSSR count). The van der Waals surface area contributed by atoms with Crippen LogP contribution < -0.4 is 26.4 Å². The minimum atomic E-state index is -7.22. The van der Waals surface area contributed by atoms with Crippen molar-refractivity contribution >= 4 is 45.4 Å². The van der Waals surface area contributed by atoms with Gasteiger partial charge in [0, 0.05) is 16.1 Å². The number of ketones is 1. The first-order valence-corrected chi connectivity index (χ1v) is 18.2. The Morgan fingerprint density at radius 1 is 0.448 bits per heavy atom. The van der Waals surface area contributed by atoms with E-state index in [0.717, 1.165) is 11.3 Å². The molecule has 0 N–H and O–H groups in total. The van der Waals surface area contributed by atoms with Gasteiger partial charge in [-0.05, 0) is 12.1 Å². The Hall–Kier alpha value is -6.98. The number of benzene rings is 6. The zero-order chi connectivity index (χ0) is 49.7. The summed E-state index contributed by atoms with van der Waals surface area (Å²) >= 11 is 6.01. The molecule has 0 spiro atoms. The van der Waals surface area contributed by atoms with Crippen molar-refractivity contribution < 1.29 is 97.2 Å². The maximum atomic E-state index is 15.4. The van der Waals surface area contributed by atoms with Gasteiger partial charge in [-0.3, -0.25) is 4.79 Å². The summed E-state index contributed by atoms with van der Waals surface area (Å²) in [5, 5.41) is 0.662. The zero-order valence-corrected chi connectivity index (χ0v) is 32.7. The smallest absolute Gasteiger partial charge is 0.227 e. The molecule has 1 heterocycles. The van der Waals surface area contributed by atoms with Crippen LogP contribution in [-0.4, -0.2) is 16.9 Å². The van der Waals surface area contributed by atoms with E-state index in [1.165, 1.54) is 0 Å². The maximum Gasteiger partial charge on any atom is 0.227 e. The summed E-state index contributed by atoms with van der Waals surface area (Å²) < 4.78 is 296. The first kappa shape index (κ1) is 49.5. The summed E-state index contributed by atoms with van der Waals surface area (Å²) in [4.78, 5) is 16.6. The highest BCUT2D eigenvalue weighted by atomic mass is 35.5. The highest BCUT2D eigenvalue weighted by Gasteiger charge is 2.52. The lowest BCUT2D eigenvalue weighted by molar-refractivity contribution is -0.683. The molecule has 0 radical (unpaired) electrons. The lowest BCUT2D eigenvalue weighted by atomic mass is 9.12. The van der Waals surface area contributed by atoms with Gasteiger partial charge in [0.15, 0.2) is 82.2 Å². The van der Waals surface area contributed by atoms with E-state index in [0.29, 0.717) is 10.6 Å². The standard InChI is InChI=1S/C24BF20.C18H14ClN2O/c26-5-1(6(27)14(35)21(42)13(5)34)25(2-7(28)15(36)22(43)16(37)8(2)29,3-9(30)17(38)23(44)18(39)10(3)31)4-11(32)19(40)24(45)20(41)12(4)33;19-16-8-4-7-15(11-16)17-12-21(10-9-20-17)13-18(22)14-5-2-1-3-6-14/h;1-12H,13H2/q-1;+1. The Labute approximate surface area is 365 Å². The Morgan fingerprint density at radius 3 is 1.10 bits per heavy atom. The monoisotopic (exact) mass is 988 g/mol. The third-order valence-corrected chi connectivity index (χ3v) is 10.2. The predicted molar refractivity (Wildman–Crippen MR) is 195 cm³/mol. The summed E-state index contributed by atoms with van der Waals surface area (Å²) in [7, 11) is 0. The lowest BCUT2D eigenvalue weighted by Crippen LogP contribution is -2.81. The van der Waals surface area contributed by atoms with Gasteiger partial charge in [-0.25, -0.2) is 92.8 Å². The lowest BCUT2D eigenvalue weighted by Gasteiger charge is -2.44. The molecule has 7 aromatic rings. The molecule has 0 saturated carbocycles. The molecule has 0 aliphatic rings. The number of aromatic nitrogens is 2. The van der Waals surface area contributed by atoms with Crippen molar-refractivity contribution in [2.45, 2.75) is 6.54 Å². The first-order valence-electron chi connectivity index (χ1n) is 17.8. The number of nitrogens with zero attached hydrogens (tertiary/aromatic N) is 2. The topological polar surface area (TPSA) is 33.8 Å². The van der Waals surface area contributed by atoms with Crippen molar-refractivity contribution in [2.75, 3.05) is 0 Å². The van der Waals surface area contributed by atoms with Crippen molar-refractivity contribution in [1.82, 2.24) is 4.98 Å². The third-order valence-electron chi connectivity index (χ3n) is 10.0. The van der Waals surface area contributed by atoms with Crippen LogP contribution in [0.4, 0.5) is 87.8 Å². The first-order chi connectivity index (χ1) is 31.4. The highest BCUT2D eigenvalue weighted by molar-refractivity contribution is 7.20. The molecule has 0 atom stereocenters. The summed E-state index contributed by atoms with van der Waals surface area (Å²) in [6, 6.07) is 16.8. The van der Waals surface area contributed by atoms with E-state index in [2.05, 4.69) is 4.98 Å². The van der Waals surface area contributed by atoms with Crippen molar-refractivity contribution in [3.8, 4) is 11.3 Å². The molecular weight excluding hydrogens is 975 g/mol. The van der Waals surface area contributed by atoms with Gasteiger partial charge in [0.1, 0.15) is 58.4 Å². The summed E-state index contributed by atoms with van der Waals surface area (Å²) in [6.45, 7) is 0.278. The third kappa shape index (κ3) is 8.20. The van der Waals surface area contributed by atoms with E-state index >= 15 is 35.1 Å². The van der Waals surface area contributed by atoms with Crippen LogP contribution >= 0.6 is 11.6 Å². The number of carbonyl (C=O) groups is 1. The van der Waals surface area contributed by atoms with Gasteiger partial charge >= 0.3 is 0 Å². The predicted octanol–water partition coefficient (Wildman–Crippen LogP) is 9.42. The van der Waals surface area contributed by atoms with Crippen LogP contribution in [0.5, 0.6) is 0 Å². The van der Waals surface area contributed by atoms with Gasteiger partial charge in [0.25, 0.3) is 0 Å². The fraction of sp³-hybridized carbons (Fsp3) is 0.0238. The number of hydrogen-bond acceptors (Lipinski definition) is 2. The minimum absolute atomic E-state index is 0.0637. The molecule has 0 saturated heterocycles. The molecule has 0 aliphatic carbocycles. The molecule has 3 nitrogen and oxygen atoms in total. The van der Waals surface area contributed by atoms with Crippen LogP contribution in [0.3, 0.4) is 0 Å². The fourth-order valence-corrected chi connectivity index (χ4v) is 7.27. The summed E-state index contributed by atoms with van der Waals surface area (Å²) in [5.41, 5.74) is -11.9. The average molecular weight is 989 g/mol. The van der Waals surface area contributed by atoms with Crippen molar-refractivity contribution in [3.63, 3.8) is 0 Å². The number of carbonyl (C=O) groups excluding carboxylic acids is 1. The SMILES string of the molecule is Fc1c(F)c(F)c([B-](c2c(F)c(F)c(F)c(F)c2F)(c2c(F)c(F)c(F)c(F)c2F)c2c(F)c(F)c(F)c(F)c2F)c(F)c1F.O=C(C[n+]1ccnc(-c2cccc(Cl)c2)c1)c1ccccc1. The van der Waals surface area contributed by atoms with Gasteiger partial charge in [-0.15, -0.1) is 21.9 Å². The molecule has 67 heavy (non-hydrogen) atoms. The molecule has 0 fully saturated rings. The number of halogens is 21. The maximum absolute atomic E-state index is 15.4. The molecule has 0 unspecified atom stereocenters. The normalized spacial score (nSPS) is 11.5. The Kier molecular flexibility index (Phi) is 13.8. The average Bonchev–Trinajstić information content (AvgIpc) is 3.32. The van der Waals surface area contributed by atoms with Crippen LogP contribution in [0.15, 0.2) is 73.2 Å². The molecule has 25 heteroatoms. The van der Waals surface area contributed by atoms with E-state index < -0.39 is 144 Å². The van der Waals surface area contributed by atoms with Crippen LogP contribution in [0.25, 0.3) is 11.3 Å². The summed E-state index contributed by atoms with van der Waals surface area (Å²) in [5.74, 6) is -71.3. The number of Topliss-reactive ketones (excluding diaryl/α,β-unsaturated/α-hetero) is 1. The second kappa shape index (κ2) is 18.7. The van der Waals surface area contributed by atoms with Crippen LogP contribution in [0, 0.1) is 116 Å². The van der Waals surface area contributed by atoms with Gasteiger partial charge in [0.2, 0.25) is 12.3 Å². The number of hydrogen-bond donors (Lipinski definition) is 0. The molecule has 348 valence electrons. The van der Waals surface area contributed by atoms with E-state index in [4.69, 9.17) is 11.6 Å². The van der Waals surface area contributed by atoms with Crippen LogP contribution in [-0.2, 0) is 6.54 Å². The van der Waals surface area contributed by atoms with Gasteiger partial charge in [-0.1, -0.05) is 54.1 Å². The molecule has 6 aromatic carbocycles. The Morgan fingerprint density at radius 2 is 0.776 bits per heavy atom. The highest BCUT2D eigenvalue weighted by Crippen LogP contribution is 2.31. The van der Waals surface area contributed by atoms with Crippen LogP contribution in [0.2, 0.25) is 5.02 Å². The van der Waals surface area contributed by atoms with Gasteiger partial charge in [0.05, 0.1) is 6.20 Å². The van der Waals surface area contributed by atoms with Gasteiger partial charge in [-0.2, -0.15) is 4.57 Å². The molecule has 0 bridgehead atoms. The van der Waals surface area contributed by atoms with E-state index in [1.807, 2.05) is 65.4 Å². The Balaban J connectivity index is 0.000000279. The number of rotatable bonds is 8. The van der Waals surface area contributed by atoms with Crippen molar-refractivity contribution in [1.29, 1.82) is 0 Å². The molecule has 0 amide bonds. The van der Waals surface area contributed by atoms with Gasteiger partial charge < -0.3 is 0 Å². The van der Waals surface area contributed by atoms with Crippen molar-refractivity contribution in [2.24, 2.45) is 0 Å². The second-order valence-electron chi connectivity index (χ2n) is 13.7.